The first-order valence-electron chi connectivity index (χ1n) is 7.50. The Kier molecular flexibility index (Phi) is 5.93. The number of carbonyl (C=O) groups excluding carboxylic acids is 2. The van der Waals surface area contributed by atoms with E-state index < -0.39 is 33.8 Å². The summed E-state index contributed by atoms with van der Waals surface area (Å²) in [6, 6.07) is 11.0. The summed E-state index contributed by atoms with van der Waals surface area (Å²) in [5, 5.41) is 2.48. The quantitative estimate of drug-likeness (QED) is 0.749. The SMILES string of the molecule is C[C@H](OC(=O)c1ccccc1NS(C)(=O)=O)C(=O)Nc1ccc(F)cc1. The Hall–Kier alpha value is -2.94. The van der Waals surface area contributed by atoms with Gasteiger partial charge in [0.25, 0.3) is 5.91 Å². The minimum Gasteiger partial charge on any atom is -0.449 e. The molecule has 0 aliphatic carbocycles. The molecule has 1 amide bonds. The zero-order chi connectivity index (χ0) is 19.3. The van der Waals surface area contributed by atoms with Crippen LogP contribution in [-0.4, -0.2) is 32.7 Å². The summed E-state index contributed by atoms with van der Waals surface area (Å²) < 4.78 is 42.9. The lowest BCUT2D eigenvalue weighted by Crippen LogP contribution is -2.30. The number of amides is 1. The number of esters is 1. The van der Waals surface area contributed by atoms with E-state index in [9.17, 15) is 22.4 Å². The van der Waals surface area contributed by atoms with Crippen molar-refractivity contribution in [2.24, 2.45) is 0 Å². The normalized spacial score (nSPS) is 12.1. The molecule has 9 heteroatoms. The molecule has 26 heavy (non-hydrogen) atoms. The molecule has 0 aromatic heterocycles. The molecule has 138 valence electrons. The molecule has 0 unspecified atom stereocenters. The van der Waals surface area contributed by atoms with Gasteiger partial charge < -0.3 is 10.1 Å². The van der Waals surface area contributed by atoms with Crippen LogP contribution in [0.1, 0.15) is 17.3 Å². The fourth-order valence-corrected chi connectivity index (χ4v) is 2.58. The van der Waals surface area contributed by atoms with Gasteiger partial charge in [-0.2, -0.15) is 0 Å². The standard InChI is InChI=1S/C17H17FN2O5S/c1-11(16(21)19-13-9-7-12(18)8-10-13)25-17(22)14-5-3-4-6-15(14)20-26(2,23)24/h3-11,20H,1-2H3,(H,19,21)/t11-/m0/s1. The summed E-state index contributed by atoms with van der Waals surface area (Å²) in [6.45, 7) is 1.36. The van der Waals surface area contributed by atoms with Gasteiger partial charge in [-0.15, -0.1) is 0 Å². The van der Waals surface area contributed by atoms with Gasteiger partial charge in [0, 0.05) is 5.69 Å². The number of benzene rings is 2. The Morgan fingerprint density at radius 1 is 1.08 bits per heavy atom. The van der Waals surface area contributed by atoms with Crippen LogP contribution in [0.4, 0.5) is 15.8 Å². The van der Waals surface area contributed by atoms with Gasteiger partial charge in [0.05, 0.1) is 17.5 Å². The molecule has 0 heterocycles. The van der Waals surface area contributed by atoms with Crippen LogP contribution in [0.15, 0.2) is 48.5 Å². The van der Waals surface area contributed by atoms with Crippen molar-refractivity contribution in [1.82, 2.24) is 0 Å². The molecule has 0 radical (unpaired) electrons. The lowest BCUT2D eigenvalue weighted by Gasteiger charge is -2.15. The molecule has 0 aliphatic rings. The van der Waals surface area contributed by atoms with E-state index in [2.05, 4.69) is 10.0 Å². The second kappa shape index (κ2) is 7.96. The lowest BCUT2D eigenvalue weighted by molar-refractivity contribution is -0.123. The van der Waals surface area contributed by atoms with Crippen molar-refractivity contribution >= 4 is 33.3 Å². The van der Waals surface area contributed by atoms with Crippen molar-refractivity contribution in [2.75, 3.05) is 16.3 Å². The van der Waals surface area contributed by atoms with Crippen molar-refractivity contribution in [2.45, 2.75) is 13.0 Å². The monoisotopic (exact) mass is 380 g/mol. The highest BCUT2D eigenvalue weighted by Gasteiger charge is 2.21. The molecular weight excluding hydrogens is 363 g/mol. The predicted octanol–water partition coefficient (Wildman–Crippen LogP) is 2.38. The van der Waals surface area contributed by atoms with Crippen LogP contribution in [-0.2, 0) is 19.6 Å². The van der Waals surface area contributed by atoms with Gasteiger partial charge in [0.2, 0.25) is 10.0 Å². The summed E-state index contributed by atoms with van der Waals surface area (Å²) in [6.07, 6.45) is -0.202. The third-order valence-corrected chi connectivity index (χ3v) is 3.80. The number of nitrogens with one attached hydrogen (secondary N) is 2. The fourth-order valence-electron chi connectivity index (χ4n) is 2.00. The minimum absolute atomic E-state index is 0.0284. The molecule has 0 saturated heterocycles. The number of ether oxygens (including phenoxy) is 1. The molecule has 2 aromatic rings. The third kappa shape index (κ3) is 5.55. The Labute approximate surface area is 150 Å². The first-order valence-corrected chi connectivity index (χ1v) is 9.39. The third-order valence-electron chi connectivity index (χ3n) is 3.21. The number of rotatable bonds is 6. The molecule has 0 aliphatic heterocycles. The van der Waals surface area contributed by atoms with Gasteiger partial charge in [0.15, 0.2) is 6.10 Å². The van der Waals surface area contributed by atoms with E-state index in [1.54, 1.807) is 6.07 Å². The van der Waals surface area contributed by atoms with Crippen LogP contribution in [0.25, 0.3) is 0 Å². The van der Waals surface area contributed by atoms with Crippen LogP contribution in [0.5, 0.6) is 0 Å². The van der Waals surface area contributed by atoms with Crippen molar-refractivity contribution in [1.29, 1.82) is 0 Å². The zero-order valence-electron chi connectivity index (χ0n) is 14.0. The minimum atomic E-state index is -3.59. The highest BCUT2D eigenvalue weighted by Crippen LogP contribution is 2.18. The predicted molar refractivity (Wildman–Crippen MR) is 94.8 cm³/mol. The summed E-state index contributed by atoms with van der Waals surface area (Å²) in [5.41, 5.74) is 0.365. The summed E-state index contributed by atoms with van der Waals surface area (Å²) in [4.78, 5) is 24.4. The molecule has 2 N–H and O–H groups in total. The fraction of sp³-hybridized carbons (Fsp3) is 0.176. The van der Waals surface area contributed by atoms with Crippen molar-refractivity contribution < 1.29 is 27.1 Å². The van der Waals surface area contributed by atoms with Gasteiger partial charge in [-0.25, -0.2) is 17.6 Å². The molecule has 7 nitrogen and oxygen atoms in total. The molecule has 0 spiro atoms. The molecule has 2 aromatic carbocycles. The number of anilines is 2. The molecule has 1 atom stereocenters. The first kappa shape index (κ1) is 19.4. The lowest BCUT2D eigenvalue weighted by atomic mass is 10.2. The molecule has 0 bridgehead atoms. The first-order chi connectivity index (χ1) is 12.2. The van der Waals surface area contributed by atoms with E-state index in [4.69, 9.17) is 4.74 Å². The van der Waals surface area contributed by atoms with Crippen LogP contribution in [0.3, 0.4) is 0 Å². The van der Waals surface area contributed by atoms with Crippen LogP contribution in [0.2, 0.25) is 0 Å². The smallest absolute Gasteiger partial charge is 0.341 e. The summed E-state index contributed by atoms with van der Waals surface area (Å²) >= 11 is 0. The molecule has 2 rings (SSSR count). The summed E-state index contributed by atoms with van der Waals surface area (Å²) in [7, 11) is -3.59. The zero-order valence-corrected chi connectivity index (χ0v) is 14.8. The maximum Gasteiger partial charge on any atom is 0.341 e. The number of halogens is 1. The number of sulfonamides is 1. The maximum atomic E-state index is 12.9. The highest BCUT2D eigenvalue weighted by atomic mass is 32.2. The Morgan fingerprint density at radius 3 is 2.31 bits per heavy atom. The van der Waals surface area contributed by atoms with Gasteiger partial charge in [-0.1, -0.05) is 12.1 Å². The van der Waals surface area contributed by atoms with Gasteiger partial charge >= 0.3 is 5.97 Å². The largest absolute Gasteiger partial charge is 0.449 e. The molecule has 0 fully saturated rings. The Bertz CT molecular complexity index is 913. The highest BCUT2D eigenvalue weighted by molar-refractivity contribution is 7.92. The van der Waals surface area contributed by atoms with Crippen LogP contribution < -0.4 is 10.0 Å². The topological polar surface area (TPSA) is 102 Å². The van der Waals surface area contributed by atoms with Crippen molar-refractivity contribution in [3.05, 3.63) is 59.9 Å². The molecule has 0 saturated carbocycles. The van der Waals surface area contributed by atoms with E-state index in [0.29, 0.717) is 5.69 Å². The van der Waals surface area contributed by atoms with E-state index in [0.717, 1.165) is 6.26 Å². The Morgan fingerprint density at radius 2 is 1.69 bits per heavy atom. The number of carbonyl (C=O) groups is 2. The molecular formula is C17H17FN2O5S. The number of para-hydroxylation sites is 1. The van der Waals surface area contributed by atoms with Crippen LogP contribution >= 0.6 is 0 Å². The second-order valence-corrected chi connectivity index (χ2v) is 7.21. The van der Waals surface area contributed by atoms with Gasteiger partial charge in [-0.05, 0) is 43.3 Å². The van der Waals surface area contributed by atoms with Crippen LogP contribution in [0, 0.1) is 5.82 Å². The van der Waals surface area contributed by atoms with Crippen molar-refractivity contribution in [3.63, 3.8) is 0 Å². The summed E-state index contributed by atoms with van der Waals surface area (Å²) in [5.74, 6) is -1.92. The average Bonchev–Trinajstić information content (AvgIpc) is 2.55. The van der Waals surface area contributed by atoms with E-state index >= 15 is 0 Å². The maximum absolute atomic E-state index is 12.9. The van der Waals surface area contributed by atoms with E-state index in [1.165, 1.54) is 49.4 Å². The van der Waals surface area contributed by atoms with Crippen molar-refractivity contribution in [3.8, 4) is 0 Å². The number of hydrogen-bond acceptors (Lipinski definition) is 5. The average molecular weight is 380 g/mol. The second-order valence-electron chi connectivity index (χ2n) is 5.46. The van der Waals surface area contributed by atoms with E-state index in [-0.39, 0.29) is 11.3 Å². The van der Waals surface area contributed by atoms with Gasteiger partial charge in [-0.3, -0.25) is 9.52 Å². The Balaban J connectivity index is 2.07. The van der Waals surface area contributed by atoms with E-state index in [1.807, 2.05) is 0 Å². The van der Waals surface area contributed by atoms with Gasteiger partial charge in [0.1, 0.15) is 5.82 Å². The number of hydrogen-bond donors (Lipinski definition) is 2.